The van der Waals surface area contributed by atoms with Crippen molar-refractivity contribution in [1.82, 2.24) is 14.8 Å². The number of nitrogens with one attached hydrogen (secondary N) is 1. The first-order valence-corrected chi connectivity index (χ1v) is 11.2. The van der Waals surface area contributed by atoms with Crippen molar-refractivity contribution in [2.45, 2.75) is 65.8 Å². The van der Waals surface area contributed by atoms with E-state index >= 15 is 0 Å². The summed E-state index contributed by atoms with van der Waals surface area (Å²) >= 11 is 0. The Labute approximate surface area is 184 Å². The smallest absolute Gasteiger partial charge is 0.256 e. The Morgan fingerprint density at radius 2 is 1.84 bits per heavy atom. The fourth-order valence-electron chi connectivity index (χ4n) is 4.20. The molecule has 31 heavy (non-hydrogen) atoms. The molecule has 1 amide bonds. The van der Waals surface area contributed by atoms with Crippen LogP contribution in [0.5, 0.6) is 0 Å². The molecule has 0 aliphatic carbocycles. The van der Waals surface area contributed by atoms with Crippen LogP contribution >= 0.6 is 0 Å². The van der Waals surface area contributed by atoms with E-state index in [-0.39, 0.29) is 17.4 Å². The number of aryl methyl sites for hydroxylation is 1. The fourth-order valence-corrected chi connectivity index (χ4v) is 4.20. The lowest BCUT2D eigenvalue weighted by atomic mass is 10.0. The van der Waals surface area contributed by atoms with Crippen molar-refractivity contribution < 1.29 is 4.79 Å². The number of carbonyl (C=O) groups excluding carboxylic acids is 1. The second-order valence-electron chi connectivity index (χ2n) is 9.81. The van der Waals surface area contributed by atoms with Crippen LogP contribution in [0.2, 0.25) is 0 Å². The second kappa shape index (κ2) is 7.98. The quantitative estimate of drug-likeness (QED) is 0.609. The van der Waals surface area contributed by atoms with E-state index in [1.807, 2.05) is 29.8 Å². The van der Waals surface area contributed by atoms with Gasteiger partial charge < -0.3 is 10.2 Å². The molecule has 164 valence electrons. The molecule has 1 N–H and O–H groups in total. The Hall–Kier alpha value is -2.89. The normalized spacial score (nSPS) is 14.6. The predicted molar refractivity (Wildman–Crippen MR) is 127 cm³/mol. The Bertz CT molecular complexity index is 1120. The average Bonchev–Trinajstić information content (AvgIpc) is 3.35. The van der Waals surface area contributed by atoms with Gasteiger partial charge in [0.15, 0.2) is 5.65 Å². The maximum absolute atomic E-state index is 13.5. The number of anilines is 2. The molecule has 4 rings (SSSR count). The number of pyridine rings is 1. The number of aromatic nitrogens is 3. The van der Waals surface area contributed by atoms with E-state index in [0.29, 0.717) is 5.56 Å². The number of fused-ring (bicyclic) bond motifs is 1. The summed E-state index contributed by atoms with van der Waals surface area (Å²) in [6, 6.07) is 10.1. The van der Waals surface area contributed by atoms with E-state index in [1.165, 1.54) is 12.8 Å². The fraction of sp³-hybridized carbons (Fsp3) is 0.480. The van der Waals surface area contributed by atoms with Crippen LogP contribution in [-0.4, -0.2) is 33.8 Å². The molecule has 0 bridgehead atoms. The van der Waals surface area contributed by atoms with Gasteiger partial charge in [-0.25, -0.2) is 9.67 Å². The van der Waals surface area contributed by atoms with Crippen LogP contribution in [-0.2, 0) is 5.54 Å². The third-order valence-electron chi connectivity index (χ3n) is 5.88. The molecule has 1 aliphatic heterocycles. The summed E-state index contributed by atoms with van der Waals surface area (Å²) in [7, 11) is 0. The minimum atomic E-state index is -0.229. The van der Waals surface area contributed by atoms with Gasteiger partial charge in [0.2, 0.25) is 0 Å². The van der Waals surface area contributed by atoms with E-state index in [9.17, 15) is 4.79 Å². The Morgan fingerprint density at radius 1 is 1.13 bits per heavy atom. The minimum absolute atomic E-state index is 0.121. The summed E-state index contributed by atoms with van der Waals surface area (Å²) < 4.78 is 1.94. The Balaban J connectivity index is 1.75. The van der Waals surface area contributed by atoms with E-state index in [4.69, 9.17) is 10.1 Å². The standard InChI is InChI=1S/C25H33N5O/c1-16(2)21-15-20(22-17(3)28-30(23(22)27-21)25(4,5)6)24(31)26-18-10-9-11-19(14-18)29-12-7-8-13-29/h9-11,14-16H,7-8,12-13H2,1-6H3,(H,26,31). The molecule has 1 aliphatic rings. The molecule has 1 saturated heterocycles. The highest BCUT2D eigenvalue weighted by Crippen LogP contribution is 2.30. The van der Waals surface area contributed by atoms with Gasteiger partial charge >= 0.3 is 0 Å². The molecule has 3 heterocycles. The highest BCUT2D eigenvalue weighted by molar-refractivity contribution is 6.12. The van der Waals surface area contributed by atoms with E-state index < -0.39 is 0 Å². The maximum atomic E-state index is 13.5. The molecule has 0 radical (unpaired) electrons. The molecular weight excluding hydrogens is 386 g/mol. The summed E-state index contributed by atoms with van der Waals surface area (Å²) in [5.74, 6) is 0.0856. The van der Waals surface area contributed by atoms with Crippen molar-refractivity contribution in [2.24, 2.45) is 0 Å². The lowest BCUT2D eigenvalue weighted by Gasteiger charge is -2.20. The molecule has 1 aromatic carbocycles. The summed E-state index contributed by atoms with van der Waals surface area (Å²) in [4.78, 5) is 20.7. The molecule has 6 heteroatoms. The molecule has 1 fully saturated rings. The first kappa shape index (κ1) is 21.3. The first-order chi connectivity index (χ1) is 14.6. The van der Waals surface area contributed by atoms with Gasteiger partial charge in [0.1, 0.15) is 0 Å². The SMILES string of the molecule is Cc1nn(C(C)(C)C)c2nc(C(C)C)cc(C(=O)Nc3cccc(N4CCCC4)c3)c12. The summed E-state index contributed by atoms with van der Waals surface area (Å²) in [5, 5.41) is 8.70. The molecule has 6 nitrogen and oxygen atoms in total. The van der Waals surface area contributed by atoms with Crippen LogP contribution in [0.3, 0.4) is 0 Å². The highest BCUT2D eigenvalue weighted by Gasteiger charge is 2.25. The largest absolute Gasteiger partial charge is 0.371 e. The summed E-state index contributed by atoms with van der Waals surface area (Å²) in [6.07, 6.45) is 2.45. The van der Waals surface area contributed by atoms with E-state index in [2.05, 4.69) is 57.0 Å². The maximum Gasteiger partial charge on any atom is 0.256 e. The van der Waals surface area contributed by atoms with Gasteiger partial charge in [-0.15, -0.1) is 0 Å². The zero-order valence-electron chi connectivity index (χ0n) is 19.5. The lowest BCUT2D eigenvalue weighted by Crippen LogP contribution is -2.24. The van der Waals surface area contributed by atoms with Gasteiger partial charge in [-0.2, -0.15) is 5.10 Å². The predicted octanol–water partition coefficient (Wildman–Crippen LogP) is 5.47. The number of nitrogens with zero attached hydrogens (tertiary/aromatic N) is 4. The van der Waals surface area contributed by atoms with Crippen LogP contribution in [0, 0.1) is 6.92 Å². The first-order valence-electron chi connectivity index (χ1n) is 11.2. The van der Waals surface area contributed by atoms with Crippen LogP contribution < -0.4 is 10.2 Å². The number of carbonyl (C=O) groups is 1. The summed E-state index contributed by atoms with van der Waals surface area (Å²) in [6.45, 7) is 14.6. The Kier molecular flexibility index (Phi) is 5.50. The van der Waals surface area contributed by atoms with Gasteiger partial charge in [0.05, 0.1) is 22.2 Å². The van der Waals surface area contributed by atoms with Crippen LogP contribution in [0.25, 0.3) is 11.0 Å². The van der Waals surface area contributed by atoms with Gasteiger partial charge in [-0.3, -0.25) is 4.79 Å². The van der Waals surface area contributed by atoms with Crippen molar-refractivity contribution >= 4 is 28.3 Å². The molecule has 0 saturated carbocycles. The van der Waals surface area contributed by atoms with E-state index in [1.54, 1.807) is 0 Å². The lowest BCUT2D eigenvalue weighted by molar-refractivity contribution is 0.102. The van der Waals surface area contributed by atoms with Crippen molar-refractivity contribution in [3.8, 4) is 0 Å². The molecule has 0 unspecified atom stereocenters. The van der Waals surface area contributed by atoms with Crippen molar-refractivity contribution in [1.29, 1.82) is 0 Å². The highest BCUT2D eigenvalue weighted by atomic mass is 16.1. The number of hydrogen-bond acceptors (Lipinski definition) is 4. The molecule has 2 aromatic heterocycles. The number of hydrogen-bond donors (Lipinski definition) is 1. The van der Waals surface area contributed by atoms with Gasteiger partial charge in [0.25, 0.3) is 5.91 Å². The van der Waals surface area contributed by atoms with Crippen molar-refractivity contribution in [3.63, 3.8) is 0 Å². The third-order valence-corrected chi connectivity index (χ3v) is 5.88. The van der Waals surface area contributed by atoms with Crippen LogP contribution in [0.1, 0.15) is 75.1 Å². The molecule has 0 spiro atoms. The van der Waals surface area contributed by atoms with Crippen molar-refractivity contribution in [2.75, 3.05) is 23.3 Å². The number of rotatable bonds is 4. The van der Waals surface area contributed by atoms with Crippen LogP contribution in [0.15, 0.2) is 30.3 Å². The summed E-state index contributed by atoms with van der Waals surface area (Å²) in [5.41, 5.74) is 4.87. The van der Waals surface area contributed by atoms with Gasteiger partial charge in [0, 0.05) is 30.2 Å². The second-order valence-corrected chi connectivity index (χ2v) is 9.81. The monoisotopic (exact) mass is 419 g/mol. The molecule has 3 aromatic rings. The number of benzene rings is 1. The van der Waals surface area contributed by atoms with Crippen LogP contribution in [0.4, 0.5) is 11.4 Å². The van der Waals surface area contributed by atoms with Gasteiger partial charge in [-0.05, 0) is 70.7 Å². The third kappa shape index (κ3) is 4.16. The zero-order valence-corrected chi connectivity index (χ0v) is 19.5. The van der Waals surface area contributed by atoms with Gasteiger partial charge in [-0.1, -0.05) is 19.9 Å². The minimum Gasteiger partial charge on any atom is -0.371 e. The topological polar surface area (TPSA) is 63.1 Å². The average molecular weight is 420 g/mol. The van der Waals surface area contributed by atoms with E-state index in [0.717, 1.165) is 46.9 Å². The number of amides is 1. The Morgan fingerprint density at radius 3 is 2.48 bits per heavy atom. The molecule has 0 atom stereocenters. The zero-order chi connectivity index (χ0) is 22.3. The van der Waals surface area contributed by atoms with Crippen molar-refractivity contribution in [3.05, 3.63) is 47.3 Å². The molecular formula is C25H33N5O.